The van der Waals surface area contributed by atoms with Gasteiger partial charge < -0.3 is 43.8 Å². The van der Waals surface area contributed by atoms with E-state index in [0.29, 0.717) is 88.9 Å². The molecule has 0 atom stereocenters. The zero-order valence-electron chi connectivity index (χ0n) is 22.6. The second kappa shape index (κ2) is 17.4. The number of nitrogens with one attached hydrogen (secondary N) is 2. The van der Waals surface area contributed by atoms with Gasteiger partial charge in [0.05, 0.1) is 66.1 Å². The number of hydrogen-bond acceptors (Lipinski definition) is 9. The molecule has 2 aromatic carbocycles. The minimum absolute atomic E-state index is 0.188. The quantitative estimate of drug-likeness (QED) is 0.585. The van der Waals surface area contributed by atoms with Gasteiger partial charge in [-0.3, -0.25) is 9.59 Å². The van der Waals surface area contributed by atoms with Crippen LogP contribution in [-0.2, 0) is 33.3 Å². The number of anilines is 2. The fourth-order valence-corrected chi connectivity index (χ4v) is 3.69. The molecule has 2 amide bonds. The Bertz CT molecular complexity index is 966. The van der Waals surface area contributed by atoms with Crippen molar-refractivity contribution in [3.8, 4) is 22.6 Å². The lowest BCUT2D eigenvalue weighted by atomic mass is 10.0. The van der Waals surface area contributed by atoms with E-state index < -0.39 is 0 Å². The van der Waals surface area contributed by atoms with Crippen LogP contribution in [-0.4, -0.2) is 91.1 Å². The summed E-state index contributed by atoms with van der Waals surface area (Å²) in [4.78, 5) is 23.3. The fraction of sp³-hybridized carbons (Fsp3) is 0.500. The minimum Gasteiger partial charge on any atom is -0.490 e. The molecular weight excluding hydrogens is 508 g/mol. The Morgan fingerprint density at radius 1 is 0.513 bits per heavy atom. The first kappa shape index (κ1) is 30.3. The van der Waals surface area contributed by atoms with Crippen LogP contribution in [0, 0.1) is 0 Å². The first-order valence-electron chi connectivity index (χ1n) is 13.0. The first-order valence-corrected chi connectivity index (χ1v) is 13.0. The molecule has 0 aromatic heterocycles. The van der Waals surface area contributed by atoms with Gasteiger partial charge in [-0.2, -0.15) is 0 Å². The van der Waals surface area contributed by atoms with Crippen LogP contribution in [0.3, 0.4) is 0 Å². The van der Waals surface area contributed by atoms with E-state index in [1.807, 2.05) is 12.1 Å². The molecule has 0 saturated heterocycles. The molecule has 11 heteroatoms. The van der Waals surface area contributed by atoms with Crippen LogP contribution in [0.2, 0.25) is 0 Å². The standard InChI is InChI=1S/C28H38N2O9/c1-21(31)29-23-3-5-25-26-6-4-24(30-22(2)32)20-28(26)39-18-16-37-14-12-35-10-8-33-7-9-34-11-13-36-15-17-38-27(25)19-23/h3-6,19-20H,7-18H2,1-2H3,(H,29,31)(H,30,32). The molecule has 0 unspecified atom stereocenters. The summed E-state index contributed by atoms with van der Waals surface area (Å²) in [7, 11) is 0. The lowest BCUT2D eigenvalue weighted by molar-refractivity contribution is -0.115. The highest BCUT2D eigenvalue weighted by atomic mass is 16.6. The molecule has 3 rings (SSSR count). The summed E-state index contributed by atoms with van der Waals surface area (Å²) >= 11 is 0. The number of ether oxygens (including phenoxy) is 7. The number of carbonyl (C=O) groups excluding carboxylic acids is 2. The lowest BCUT2D eigenvalue weighted by Gasteiger charge is -2.18. The maximum Gasteiger partial charge on any atom is 0.221 e. The van der Waals surface area contributed by atoms with Crippen LogP contribution in [0.1, 0.15) is 13.8 Å². The third kappa shape index (κ3) is 11.6. The average molecular weight is 547 g/mol. The van der Waals surface area contributed by atoms with Gasteiger partial charge in [0.2, 0.25) is 11.8 Å². The fourth-order valence-electron chi connectivity index (χ4n) is 3.69. The molecule has 214 valence electrons. The minimum atomic E-state index is -0.188. The molecule has 2 aromatic rings. The highest BCUT2D eigenvalue weighted by Gasteiger charge is 2.15. The Morgan fingerprint density at radius 3 is 1.13 bits per heavy atom. The molecule has 0 fully saturated rings. The van der Waals surface area contributed by atoms with Crippen LogP contribution in [0.15, 0.2) is 36.4 Å². The van der Waals surface area contributed by atoms with Crippen molar-refractivity contribution in [1.82, 2.24) is 0 Å². The molecule has 1 aliphatic rings. The summed E-state index contributed by atoms with van der Waals surface area (Å²) in [5.74, 6) is 0.711. The van der Waals surface area contributed by atoms with Crippen molar-refractivity contribution in [2.45, 2.75) is 13.8 Å². The van der Waals surface area contributed by atoms with Gasteiger partial charge in [0.15, 0.2) is 0 Å². The topological polar surface area (TPSA) is 123 Å². The number of rotatable bonds is 2. The normalized spacial score (nSPS) is 16.9. The Kier molecular flexibility index (Phi) is 13.5. The van der Waals surface area contributed by atoms with E-state index in [4.69, 9.17) is 33.2 Å². The summed E-state index contributed by atoms with van der Waals surface area (Å²) in [6, 6.07) is 10.8. The number of fused-ring (bicyclic) bond motifs is 3. The predicted octanol–water partition coefficient (Wildman–Crippen LogP) is 3.12. The van der Waals surface area contributed by atoms with Crippen molar-refractivity contribution in [1.29, 1.82) is 0 Å². The number of carbonyl (C=O) groups is 2. The van der Waals surface area contributed by atoms with Gasteiger partial charge in [-0.15, -0.1) is 0 Å². The summed E-state index contributed by atoms with van der Waals surface area (Å²) in [5, 5.41) is 5.57. The van der Waals surface area contributed by atoms with Gasteiger partial charge in [-0.1, -0.05) is 0 Å². The van der Waals surface area contributed by atoms with Gasteiger partial charge in [0.25, 0.3) is 0 Å². The van der Waals surface area contributed by atoms with Crippen molar-refractivity contribution < 1.29 is 42.7 Å². The maximum atomic E-state index is 11.6. The first-order chi connectivity index (χ1) is 19.0. The molecule has 11 nitrogen and oxygen atoms in total. The predicted molar refractivity (Wildman–Crippen MR) is 146 cm³/mol. The molecule has 39 heavy (non-hydrogen) atoms. The summed E-state index contributed by atoms with van der Waals surface area (Å²) < 4.78 is 39.9. The van der Waals surface area contributed by atoms with Crippen molar-refractivity contribution >= 4 is 23.2 Å². The van der Waals surface area contributed by atoms with E-state index in [0.717, 1.165) is 11.1 Å². The zero-order valence-corrected chi connectivity index (χ0v) is 22.6. The van der Waals surface area contributed by atoms with Gasteiger partial charge in [0, 0.05) is 48.5 Å². The third-order valence-electron chi connectivity index (χ3n) is 5.35. The molecule has 0 radical (unpaired) electrons. The molecular formula is C28H38N2O9. The molecule has 0 spiro atoms. The van der Waals surface area contributed by atoms with Crippen LogP contribution in [0.5, 0.6) is 11.5 Å². The van der Waals surface area contributed by atoms with Gasteiger partial charge in [-0.25, -0.2) is 0 Å². The summed E-state index contributed by atoms with van der Waals surface area (Å²) in [6.45, 7) is 7.83. The van der Waals surface area contributed by atoms with Crippen molar-refractivity contribution in [2.24, 2.45) is 0 Å². The Hall–Kier alpha value is -3.22. The molecule has 1 heterocycles. The Labute approximate surface area is 229 Å². The zero-order chi connectivity index (χ0) is 27.7. The monoisotopic (exact) mass is 546 g/mol. The van der Waals surface area contributed by atoms with Crippen LogP contribution in [0.4, 0.5) is 11.4 Å². The Balaban J connectivity index is 1.81. The smallest absolute Gasteiger partial charge is 0.221 e. The highest BCUT2D eigenvalue weighted by molar-refractivity contribution is 5.91. The molecule has 1 aliphatic heterocycles. The summed E-state index contributed by atoms with van der Waals surface area (Å²) in [5.41, 5.74) is 2.71. The van der Waals surface area contributed by atoms with E-state index in [1.165, 1.54) is 13.8 Å². The van der Waals surface area contributed by atoms with E-state index in [9.17, 15) is 9.59 Å². The van der Waals surface area contributed by atoms with Crippen LogP contribution >= 0.6 is 0 Å². The van der Waals surface area contributed by atoms with Crippen molar-refractivity contribution in [3.05, 3.63) is 36.4 Å². The SMILES string of the molecule is CC(=O)Nc1ccc2c(c1)OCCOCCOCCOCCOCCOCCOc1cc(NC(C)=O)ccc1-2. The molecule has 0 saturated carbocycles. The Morgan fingerprint density at radius 2 is 0.821 bits per heavy atom. The van der Waals surface area contributed by atoms with Gasteiger partial charge in [0.1, 0.15) is 24.7 Å². The average Bonchev–Trinajstić information content (AvgIpc) is 2.89. The van der Waals surface area contributed by atoms with E-state index in [-0.39, 0.29) is 25.0 Å². The number of benzene rings is 2. The maximum absolute atomic E-state index is 11.6. The third-order valence-corrected chi connectivity index (χ3v) is 5.35. The van der Waals surface area contributed by atoms with E-state index in [2.05, 4.69) is 10.6 Å². The van der Waals surface area contributed by atoms with E-state index >= 15 is 0 Å². The molecule has 0 aliphatic carbocycles. The molecule has 2 N–H and O–H groups in total. The van der Waals surface area contributed by atoms with Crippen LogP contribution in [0.25, 0.3) is 11.1 Å². The largest absolute Gasteiger partial charge is 0.490 e. The van der Waals surface area contributed by atoms with E-state index in [1.54, 1.807) is 24.3 Å². The lowest BCUT2D eigenvalue weighted by Crippen LogP contribution is -2.15. The van der Waals surface area contributed by atoms with Gasteiger partial charge >= 0.3 is 0 Å². The van der Waals surface area contributed by atoms with Crippen molar-refractivity contribution in [2.75, 3.05) is 89.9 Å². The highest BCUT2D eigenvalue weighted by Crippen LogP contribution is 2.39. The van der Waals surface area contributed by atoms with Crippen molar-refractivity contribution in [3.63, 3.8) is 0 Å². The molecule has 0 bridgehead atoms. The van der Waals surface area contributed by atoms with Gasteiger partial charge in [-0.05, 0) is 24.3 Å². The second-order valence-electron chi connectivity index (χ2n) is 8.54. The number of amides is 2. The van der Waals surface area contributed by atoms with Crippen LogP contribution < -0.4 is 20.1 Å². The summed E-state index contributed by atoms with van der Waals surface area (Å²) in [6.07, 6.45) is 0. The number of hydrogen-bond donors (Lipinski definition) is 2. The second-order valence-corrected chi connectivity index (χ2v) is 8.54.